The highest BCUT2D eigenvalue weighted by Gasteiger charge is 2.45. The zero-order chi connectivity index (χ0) is 11.2. The van der Waals surface area contributed by atoms with Gasteiger partial charge in [-0.3, -0.25) is 0 Å². The molecule has 5 nitrogen and oxygen atoms in total. The highest BCUT2D eigenvalue weighted by Crippen LogP contribution is 2.46. The monoisotopic (exact) mass is 223 g/mol. The lowest BCUT2D eigenvalue weighted by atomic mass is 9.92. The maximum atomic E-state index is 10.4. The highest BCUT2D eigenvalue weighted by atomic mass is 16.5. The quantitative estimate of drug-likeness (QED) is 0.772. The SMILES string of the molecule is CC1(c2noc(C3(O)CCNCC3)n2)CC1. The second kappa shape index (κ2) is 3.28. The van der Waals surface area contributed by atoms with Crippen molar-refractivity contribution in [1.82, 2.24) is 15.5 Å². The molecule has 88 valence electrons. The first-order chi connectivity index (χ1) is 7.62. The molecule has 0 unspecified atom stereocenters. The molecule has 0 spiro atoms. The van der Waals surface area contributed by atoms with E-state index in [-0.39, 0.29) is 5.41 Å². The van der Waals surface area contributed by atoms with Crippen molar-refractivity contribution in [3.05, 3.63) is 11.7 Å². The van der Waals surface area contributed by atoms with E-state index >= 15 is 0 Å². The fourth-order valence-electron chi connectivity index (χ4n) is 2.12. The summed E-state index contributed by atoms with van der Waals surface area (Å²) in [4.78, 5) is 4.38. The van der Waals surface area contributed by atoms with Gasteiger partial charge in [0.15, 0.2) is 5.82 Å². The van der Waals surface area contributed by atoms with Gasteiger partial charge in [-0.2, -0.15) is 4.98 Å². The van der Waals surface area contributed by atoms with Crippen LogP contribution in [0.5, 0.6) is 0 Å². The Balaban J connectivity index is 1.85. The van der Waals surface area contributed by atoms with Gasteiger partial charge in [-0.25, -0.2) is 0 Å². The van der Waals surface area contributed by atoms with Gasteiger partial charge in [-0.1, -0.05) is 12.1 Å². The summed E-state index contributed by atoms with van der Waals surface area (Å²) in [7, 11) is 0. The number of nitrogens with one attached hydrogen (secondary N) is 1. The van der Waals surface area contributed by atoms with Crippen LogP contribution in [-0.2, 0) is 11.0 Å². The molecule has 0 radical (unpaired) electrons. The van der Waals surface area contributed by atoms with Gasteiger partial charge in [-0.05, 0) is 38.8 Å². The van der Waals surface area contributed by atoms with Gasteiger partial charge in [0.1, 0.15) is 5.60 Å². The van der Waals surface area contributed by atoms with Crippen LogP contribution >= 0.6 is 0 Å². The van der Waals surface area contributed by atoms with E-state index in [9.17, 15) is 5.11 Å². The molecular weight excluding hydrogens is 206 g/mol. The summed E-state index contributed by atoms with van der Waals surface area (Å²) in [6.45, 7) is 3.73. The Kier molecular flexibility index (Phi) is 2.09. The summed E-state index contributed by atoms with van der Waals surface area (Å²) in [5.41, 5.74) is -0.813. The van der Waals surface area contributed by atoms with E-state index in [1.54, 1.807) is 0 Å². The molecule has 1 aromatic heterocycles. The van der Waals surface area contributed by atoms with Crippen molar-refractivity contribution >= 4 is 0 Å². The Bertz CT molecular complexity index is 392. The average molecular weight is 223 g/mol. The van der Waals surface area contributed by atoms with Gasteiger partial charge < -0.3 is 14.9 Å². The minimum absolute atomic E-state index is 0.102. The fraction of sp³-hybridized carbons (Fsp3) is 0.818. The number of aromatic nitrogens is 2. The van der Waals surface area contributed by atoms with E-state index in [1.807, 2.05) is 0 Å². The van der Waals surface area contributed by atoms with Crippen LogP contribution in [0, 0.1) is 0 Å². The van der Waals surface area contributed by atoms with E-state index in [0.29, 0.717) is 18.7 Å². The van der Waals surface area contributed by atoms with Gasteiger partial charge in [0.05, 0.1) is 0 Å². The van der Waals surface area contributed by atoms with Crippen LogP contribution < -0.4 is 5.32 Å². The lowest BCUT2D eigenvalue weighted by Gasteiger charge is -2.28. The van der Waals surface area contributed by atoms with Crippen LogP contribution in [0.1, 0.15) is 44.3 Å². The standard InChI is InChI=1S/C11H17N3O2/c1-10(2-3-10)8-13-9(16-14-8)11(15)4-6-12-7-5-11/h12,15H,2-7H2,1H3. The molecule has 1 aliphatic heterocycles. The third-order valence-corrected chi connectivity index (χ3v) is 3.79. The average Bonchev–Trinajstić information content (AvgIpc) is 2.84. The van der Waals surface area contributed by atoms with E-state index in [4.69, 9.17) is 4.52 Å². The molecule has 1 aliphatic carbocycles. The van der Waals surface area contributed by atoms with Crippen molar-refractivity contribution in [1.29, 1.82) is 0 Å². The molecule has 5 heteroatoms. The molecule has 1 saturated carbocycles. The largest absolute Gasteiger partial charge is 0.380 e. The van der Waals surface area contributed by atoms with Crippen LogP contribution in [0.15, 0.2) is 4.52 Å². The summed E-state index contributed by atoms with van der Waals surface area (Å²) < 4.78 is 5.23. The summed E-state index contributed by atoms with van der Waals surface area (Å²) >= 11 is 0. The molecule has 0 amide bonds. The molecule has 0 bridgehead atoms. The molecule has 0 atom stereocenters. The number of nitrogens with zero attached hydrogens (tertiary/aromatic N) is 2. The number of rotatable bonds is 2. The van der Waals surface area contributed by atoms with Crippen LogP contribution in [0.25, 0.3) is 0 Å². The van der Waals surface area contributed by atoms with Crippen molar-refractivity contribution in [2.75, 3.05) is 13.1 Å². The molecule has 2 fully saturated rings. The van der Waals surface area contributed by atoms with E-state index in [0.717, 1.165) is 31.8 Å². The molecule has 16 heavy (non-hydrogen) atoms. The normalized spacial score (nSPS) is 26.6. The van der Waals surface area contributed by atoms with Gasteiger partial charge in [-0.15, -0.1) is 0 Å². The van der Waals surface area contributed by atoms with Crippen molar-refractivity contribution in [2.24, 2.45) is 0 Å². The lowest BCUT2D eigenvalue weighted by molar-refractivity contribution is -0.0228. The Morgan fingerprint density at radius 1 is 1.25 bits per heavy atom. The topological polar surface area (TPSA) is 71.2 Å². The summed E-state index contributed by atoms with van der Waals surface area (Å²) in [6, 6.07) is 0. The van der Waals surface area contributed by atoms with Crippen molar-refractivity contribution in [2.45, 2.75) is 43.6 Å². The molecule has 2 N–H and O–H groups in total. The second-order valence-corrected chi connectivity index (χ2v) is 5.27. The summed E-state index contributed by atoms with van der Waals surface area (Å²) in [5.74, 6) is 1.16. The fourth-order valence-corrected chi connectivity index (χ4v) is 2.12. The smallest absolute Gasteiger partial charge is 0.258 e. The van der Waals surface area contributed by atoms with Gasteiger partial charge in [0.2, 0.25) is 0 Å². The molecule has 3 rings (SSSR count). The molecular formula is C11H17N3O2. The lowest BCUT2D eigenvalue weighted by Crippen LogP contribution is -2.40. The van der Waals surface area contributed by atoms with Crippen molar-refractivity contribution < 1.29 is 9.63 Å². The number of piperidine rings is 1. The Morgan fingerprint density at radius 3 is 2.56 bits per heavy atom. The molecule has 1 saturated heterocycles. The Hall–Kier alpha value is -0.940. The minimum atomic E-state index is -0.915. The predicted octanol–water partition coefficient (Wildman–Crippen LogP) is 0.692. The maximum Gasteiger partial charge on any atom is 0.258 e. The van der Waals surface area contributed by atoms with Gasteiger partial charge in [0, 0.05) is 5.41 Å². The van der Waals surface area contributed by atoms with E-state index in [1.165, 1.54) is 0 Å². The second-order valence-electron chi connectivity index (χ2n) is 5.27. The molecule has 2 heterocycles. The summed E-state index contributed by atoms with van der Waals surface area (Å²) in [5, 5.41) is 17.6. The van der Waals surface area contributed by atoms with Crippen LogP contribution in [-0.4, -0.2) is 28.3 Å². The van der Waals surface area contributed by atoms with E-state index in [2.05, 4.69) is 22.4 Å². The molecule has 1 aromatic rings. The maximum absolute atomic E-state index is 10.4. The molecule has 0 aromatic carbocycles. The third-order valence-electron chi connectivity index (χ3n) is 3.79. The number of hydrogen-bond acceptors (Lipinski definition) is 5. The van der Waals surface area contributed by atoms with Crippen molar-refractivity contribution in [3.63, 3.8) is 0 Å². The van der Waals surface area contributed by atoms with Crippen LogP contribution in [0.2, 0.25) is 0 Å². The third kappa shape index (κ3) is 1.55. The first-order valence-electron chi connectivity index (χ1n) is 5.90. The van der Waals surface area contributed by atoms with Crippen molar-refractivity contribution in [3.8, 4) is 0 Å². The van der Waals surface area contributed by atoms with E-state index < -0.39 is 5.60 Å². The Morgan fingerprint density at radius 2 is 1.94 bits per heavy atom. The van der Waals surface area contributed by atoms with Crippen LogP contribution in [0.3, 0.4) is 0 Å². The number of hydrogen-bond donors (Lipinski definition) is 2. The number of aliphatic hydroxyl groups is 1. The highest BCUT2D eigenvalue weighted by molar-refractivity contribution is 5.15. The minimum Gasteiger partial charge on any atom is -0.380 e. The Labute approximate surface area is 94.2 Å². The first-order valence-corrected chi connectivity index (χ1v) is 5.90. The van der Waals surface area contributed by atoms with Gasteiger partial charge in [0.25, 0.3) is 5.89 Å². The molecule has 2 aliphatic rings. The van der Waals surface area contributed by atoms with Crippen LogP contribution in [0.4, 0.5) is 0 Å². The zero-order valence-corrected chi connectivity index (χ0v) is 9.49. The predicted molar refractivity (Wildman–Crippen MR) is 56.9 cm³/mol. The summed E-state index contributed by atoms with van der Waals surface area (Å²) in [6.07, 6.45) is 3.52. The first kappa shape index (κ1) is 10.2. The van der Waals surface area contributed by atoms with Gasteiger partial charge >= 0.3 is 0 Å². The zero-order valence-electron chi connectivity index (χ0n) is 9.49.